The van der Waals surface area contributed by atoms with Crippen LogP contribution in [0.2, 0.25) is 0 Å². The van der Waals surface area contributed by atoms with Crippen LogP contribution < -0.4 is 11.1 Å². The highest BCUT2D eigenvalue weighted by Gasteiger charge is 2.06. The molecule has 15 heavy (non-hydrogen) atoms. The zero-order valence-electron chi connectivity index (χ0n) is 8.16. The fraction of sp³-hybridized carbons (Fsp3) is 0.444. The summed E-state index contributed by atoms with van der Waals surface area (Å²) in [5.74, 6) is -0.00211. The van der Waals surface area contributed by atoms with Gasteiger partial charge in [0, 0.05) is 6.54 Å². The summed E-state index contributed by atoms with van der Waals surface area (Å²) in [7, 11) is 0. The Hall–Kier alpha value is -0.100. The lowest BCUT2D eigenvalue weighted by atomic mass is 10.3. The average molecular weight is 314 g/mol. The predicted octanol–water partition coefficient (Wildman–Crippen LogP) is 2.40. The molecular formula is C9H14BrClN2OS. The number of halogens is 2. The maximum atomic E-state index is 11.5. The molecule has 0 saturated carbocycles. The van der Waals surface area contributed by atoms with E-state index in [4.69, 9.17) is 5.73 Å². The number of nitrogens with one attached hydrogen (secondary N) is 1. The van der Waals surface area contributed by atoms with Gasteiger partial charge in [-0.15, -0.1) is 23.7 Å². The van der Waals surface area contributed by atoms with E-state index in [0.29, 0.717) is 13.1 Å². The molecule has 1 aromatic heterocycles. The van der Waals surface area contributed by atoms with Crippen LogP contribution in [0.15, 0.2) is 15.9 Å². The first-order valence-corrected chi connectivity index (χ1v) is 6.08. The molecule has 0 atom stereocenters. The van der Waals surface area contributed by atoms with Crippen molar-refractivity contribution in [3.8, 4) is 0 Å². The van der Waals surface area contributed by atoms with Crippen LogP contribution in [0.4, 0.5) is 0 Å². The molecule has 0 unspecified atom stereocenters. The number of rotatable bonds is 5. The molecule has 0 saturated heterocycles. The zero-order valence-corrected chi connectivity index (χ0v) is 11.4. The van der Waals surface area contributed by atoms with E-state index in [2.05, 4.69) is 21.2 Å². The van der Waals surface area contributed by atoms with Gasteiger partial charge in [-0.1, -0.05) is 0 Å². The van der Waals surface area contributed by atoms with Crippen LogP contribution in [0.3, 0.4) is 0 Å². The standard InChI is InChI=1S/C9H13BrN2OS.ClH/c10-8-4-3-7(14-8)9(13)12-6-2-1-5-11;/h3-4H,1-2,5-6,11H2,(H,12,13);1H. The van der Waals surface area contributed by atoms with E-state index in [-0.39, 0.29) is 18.3 Å². The van der Waals surface area contributed by atoms with E-state index >= 15 is 0 Å². The van der Waals surface area contributed by atoms with Gasteiger partial charge in [-0.2, -0.15) is 0 Å². The van der Waals surface area contributed by atoms with Crippen LogP contribution in [0.25, 0.3) is 0 Å². The predicted molar refractivity (Wildman–Crippen MR) is 69.9 cm³/mol. The largest absolute Gasteiger partial charge is 0.351 e. The smallest absolute Gasteiger partial charge is 0.261 e. The molecule has 0 aliphatic rings. The van der Waals surface area contributed by atoms with Crippen molar-refractivity contribution in [2.75, 3.05) is 13.1 Å². The van der Waals surface area contributed by atoms with Crippen LogP contribution in [-0.2, 0) is 0 Å². The third kappa shape index (κ3) is 5.51. The van der Waals surface area contributed by atoms with Gasteiger partial charge in [0.25, 0.3) is 5.91 Å². The molecule has 1 aromatic rings. The molecule has 0 aliphatic carbocycles. The van der Waals surface area contributed by atoms with E-state index in [0.717, 1.165) is 21.5 Å². The van der Waals surface area contributed by atoms with Crippen molar-refractivity contribution in [3.63, 3.8) is 0 Å². The molecule has 0 aliphatic heterocycles. The van der Waals surface area contributed by atoms with Crippen LogP contribution in [0.5, 0.6) is 0 Å². The molecule has 1 heterocycles. The third-order valence-corrected chi connectivity index (χ3v) is 3.34. The summed E-state index contributed by atoms with van der Waals surface area (Å²) in [6.45, 7) is 1.38. The number of amides is 1. The van der Waals surface area contributed by atoms with Gasteiger partial charge in [-0.3, -0.25) is 4.79 Å². The maximum absolute atomic E-state index is 11.5. The second-order valence-corrected chi connectivity index (χ2v) is 5.32. The first-order chi connectivity index (χ1) is 6.74. The summed E-state index contributed by atoms with van der Waals surface area (Å²) in [6.07, 6.45) is 1.89. The van der Waals surface area contributed by atoms with Gasteiger partial charge in [0.2, 0.25) is 0 Å². The number of hydrogen-bond donors (Lipinski definition) is 2. The van der Waals surface area contributed by atoms with Crippen LogP contribution in [0, 0.1) is 0 Å². The molecule has 86 valence electrons. The van der Waals surface area contributed by atoms with Gasteiger partial charge >= 0.3 is 0 Å². The van der Waals surface area contributed by atoms with Crippen molar-refractivity contribution in [1.82, 2.24) is 5.32 Å². The second kappa shape index (κ2) is 8.10. The summed E-state index contributed by atoms with van der Waals surface area (Å²) in [4.78, 5) is 12.2. The molecule has 0 fully saturated rings. The number of hydrogen-bond acceptors (Lipinski definition) is 3. The van der Waals surface area contributed by atoms with Gasteiger partial charge in [-0.05, 0) is 47.4 Å². The topological polar surface area (TPSA) is 55.1 Å². The Bertz CT molecular complexity index is 306. The van der Waals surface area contributed by atoms with E-state index in [1.807, 2.05) is 12.1 Å². The van der Waals surface area contributed by atoms with Crippen LogP contribution in [0.1, 0.15) is 22.5 Å². The molecule has 1 rings (SSSR count). The molecular weight excluding hydrogens is 300 g/mol. The zero-order chi connectivity index (χ0) is 10.4. The Morgan fingerprint density at radius 3 is 2.73 bits per heavy atom. The Morgan fingerprint density at radius 1 is 1.47 bits per heavy atom. The number of nitrogens with two attached hydrogens (primary N) is 1. The Kier molecular flexibility index (Phi) is 8.04. The Labute approximate surface area is 108 Å². The lowest BCUT2D eigenvalue weighted by Crippen LogP contribution is -2.23. The maximum Gasteiger partial charge on any atom is 0.261 e. The van der Waals surface area contributed by atoms with Crippen molar-refractivity contribution in [3.05, 3.63) is 20.8 Å². The minimum absolute atomic E-state index is 0. The van der Waals surface area contributed by atoms with Gasteiger partial charge < -0.3 is 11.1 Å². The van der Waals surface area contributed by atoms with Crippen LogP contribution >= 0.6 is 39.7 Å². The lowest BCUT2D eigenvalue weighted by Gasteiger charge is -2.01. The Balaban J connectivity index is 0.00000196. The number of carbonyl (C=O) groups excluding carboxylic acids is 1. The normalized spacial score (nSPS) is 9.47. The monoisotopic (exact) mass is 312 g/mol. The molecule has 1 amide bonds. The van der Waals surface area contributed by atoms with Gasteiger partial charge in [0.05, 0.1) is 8.66 Å². The van der Waals surface area contributed by atoms with E-state index in [1.165, 1.54) is 11.3 Å². The molecule has 0 spiro atoms. The highest BCUT2D eigenvalue weighted by Crippen LogP contribution is 2.21. The number of thiophene rings is 1. The molecule has 6 heteroatoms. The fourth-order valence-corrected chi connectivity index (χ4v) is 2.30. The molecule has 3 N–H and O–H groups in total. The summed E-state index contributed by atoms with van der Waals surface area (Å²) in [5.41, 5.74) is 5.34. The fourth-order valence-electron chi connectivity index (χ4n) is 0.995. The van der Waals surface area contributed by atoms with E-state index in [9.17, 15) is 4.79 Å². The third-order valence-electron chi connectivity index (χ3n) is 1.71. The molecule has 3 nitrogen and oxygen atoms in total. The van der Waals surface area contributed by atoms with Crippen LogP contribution in [-0.4, -0.2) is 19.0 Å². The summed E-state index contributed by atoms with van der Waals surface area (Å²) < 4.78 is 0.976. The van der Waals surface area contributed by atoms with Gasteiger partial charge in [0.15, 0.2) is 0 Å². The molecule has 0 aromatic carbocycles. The second-order valence-electron chi connectivity index (χ2n) is 2.86. The highest BCUT2D eigenvalue weighted by atomic mass is 79.9. The highest BCUT2D eigenvalue weighted by molar-refractivity contribution is 9.11. The number of unbranched alkanes of at least 4 members (excludes halogenated alkanes) is 1. The molecule has 0 radical (unpaired) electrons. The molecule has 0 bridgehead atoms. The van der Waals surface area contributed by atoms with E-state index in [1.54, 1.807) is 0 Å². The van der Waals surface area contributed by atoms with Crippen molar-refractivity contribution in [2.45, 2.75) is 12.8 Å². The first-order valence-electron chi connectivity index (χ1n) is 4.47. The SMILES string of the molecule is Cl.NCCCCNC(=O)c1ccc(Br)s1. The summed E-state index contributed by atoms with van der Waals surface area (Å²) >= 11 is 4.76. The minimum atomic E-state index is -0.00211. The van der Waals surface area contributed by atoms with Gasteiger partial charge in [-0.25, -0.2) is 0 Å². The van der Waals surface area contributed by atoms with Crippen molar-refractivity contribution in [2.24, 2.45) is 5.73 Å². The minimum Gasteiger partial charge on any atom is -0.351 e. The lowest BCUT2D eigenvalue weighted by molar-refractivity contribution is 0.0957. The summed E-state index contributed by atoms with van der Waals surface area (Å²) in [5, 5.41) is 2.84. The van der Waals surface area contributed by atoms with E-state index < -0.39 is 0 Å². The van der Waals surface area contributed by atoms with Crippen molar-refractivity contribution < 1.29 is 4.79 Å². The Morgan fingerprint density at radius 2 is 2.20 bits per heavy atom. The first kappa shape index (κ1) is 14.9. The van der Waals surface area contributed by atoms with Gasteiger partial charge in [0.1, 0.15) is 0 Å². The van der Waals surface area contributed by atoms with Crippen molar-refractivity contribution in [1.29, 1.82) is 0 Å². The quantitative estimate of drug-likeness (QED) is 0.820. The van der Waals surface area contributed by atoms with Crippen molar-refractivity contribution >= 4 is 45.6 Å². The average Bonchev–Trinajstić information content (AvgIpc) is 2.59. The summed E-state index contributed by atoms with van der Waals surface area (Å²) in [6, 6.07) is 3.69. The number of carbonyl (C=O) groups is 1.